The number of hydrogen-bond donors (Lipinski definition) is 0. The molecule has 0 fully saturated rings. The maximum atomic E-state index is 5.78. The van der Waals surface area contributed by atoms with Crippen LogP contribution in [-0.2, 0) is 6.54 Å². The number of aryl methyl sites for hydroxylation is 1. The largest absolute Gasteiger partial charge is 0.297 e. The van der Waals surface area contributed by atoms with Crippen molar-refractivity contribution in [1.29, 1.82) is 0 Å². The van der Waals surface area contributed by atoms with E-state index < -0.39 is 0 Å². The highest BCUT2D eigenvalue weighted by atomic mass is 35.5. The molecule has 1 heterocycles. The van der Waals surface area contributed by atoms with Crippen molar-refractivity contribution in [2.45, 2.75) is 26.4 Å². The molecule has 2 nitrogen and oxygen atoms in total. The molecule has 0 saturated heterocycles. The van der Waals surface area contributed by atoms with E-state index in [1.54, 1.807) is 0 Å². The lowest BCUT2D eigenvalue weighted by atomic mass is 10.2. The van der Waals surface area contributed by atoms with Crippen LogP contribution in [0.25, 0.3) is 0 Å². The Balaban J connectivity index is 2.60. The van der Waals surface area contributed by atoms with Crippen LogP contribution in [0.3, 0.4) is 0 Å². The van der Waals surface area contributed by atoms with Crippen molar-refractivity contribution < 1.29 is 0 Å². The second-order valence-corrected chi connectivity index (χ2v) is 4.00. The highest BCUT2D eigenvalue weighted by Crippen LogP contribution is 2.05. The van der Waals surface area contributed by atoms with E-state index in [1.165, 1.54) is 0 Å². The standard InChI is InChI=1S/C11H17ClN2/c1-9-5-4-6-11(13-9)8-14(3)10(2)7-12/h4-6,10H,7-8H2,1-3H3. The summed E-state index contributed by atoms with van der Waals surface area (Å²) < 4.78 is 0. The summed E-state index contributed by atoms with van der Waals surface area (Å²) in [5.41, 5.74) is 2.17. The predicted molar refractivity (Wildman–Crippen MR) is 60.6 cm³/mol. The van der Waals surface area contributed by atoms with Gasteiger partial charge in [0.25, 0.3) is 0 Å². The first-order chi connectivity index (χ1) is 6.63. The average Bonchev–Trinajstić information content (AvgIpc) is 2.16. The van der Waals surface area contributed by atoms with E-state index in [0.29, 0.717) is 11.9 Å². The molecule has 1 unspecified atom stereocenters. The van der Waals surface area contributed by atoms with E-state index in [-0.39, 0.29) is 0 Å². The van der Waals surface area contributed by atoms with Gasteiger partial charge >= 0.3 is 0 Å². The van der Waals surface area contributed by atoms with Gasteiger partial charge in [0.1, 0.15) is 0 Å². The lowest BCUT2D eigenvalue weighted by Crippen LogP contribution is -2.30. The fourth-order valence-corrected chi connectivity index (χ4v) is 1.45. The molecular formula is C11H17ClN2. The minimum Gasteiger partial charge on any atom is -0.297 e. The number of rotatable bonds is 4. The first-order valence-electron chi connectivity index (χ1n) is 4.82. The summed E-state index contributed by atoms with van der Waals surface area (Å²) in [4.78, 5) is 6.65. The number of hydrogen-bond acceptors (Lipinski definition) is 2. The third kappa shape index (κ3) is 3.28. The molecule has 1 aromatic heterocycles. The number of nitrogens with zero attached hydrogens (tertiary/aromatic N) is 2. The molecule has 1 aromatic rings. The van der Waals surface area contributed by atoms with E-state index in [0.717, 1.165) is 17.9 Å². The molecule has 0 bridgehead atoms. The lowest BCUT2D eigenvalue weighted by Gasteiger charge is -2.22. The van der Waals surface area contributed by atoms with E-state index in [1.807, 2.05) is 25.1 Å². The summed E-state index contributed by atoms with van der Waals surface area (Å²) in [6.07, 6.45) is 0. The van der Waals surface area contributed by atoms with Crippen molar-refractivity contribution in [2.75, 3.05) is 12.9 Å². The SMILES string of the molecule is Cc1cccc(CN(C)C(C)CCl)n1. The molecular weight excluding hydrogens is 196 g/mol. The molecule has 0 aromatic carbocycles. The van der Waals surface area contributed by atoms with Gasteiger partial charge in [-0.05, 0) is 33.0 Å². The van der Waals surface area contributed by atoms with E-state index in [9.17, 15) is 0 Å². The minimum atomic E-state index is 0.388. The molecule has 1 rings (SSSR count). The summed E-state index contributed by atoms with van der Waals surface area (Å²) in [5.74, 6) is 0.655. The van der Waals surface area contributed by atoms with E-state index in [2.05, 4.69) is 23.9 Å². The van der Waals surface area contributed by atoms with E-state index >= 15 is 0 Å². The van der Waals surface area contributed by atoms with Crippen LogP contribution >= 0.6 is 11.6 Å². The minimum absolute atomic E-state index is 0.388. The third-order valence-corrected chi connectivity index (χ3v) is 2.78. The van der Waals surface area contributed by atoms with Gasteiger partial charge in [-0.1, -0.05) is 6.07 Å². The van der Waals surface area contributed by atoms with Crippen LogP contribution in [0.5, 0.6) is 0 Å². The number of alkyl halides is 1. The van der Waals surface area contributed by atoms with Crippen molar-refractivity contribution in [3.63, 3.8) is 0 Å². The summed E-state index contributed by atoms with van der Waals surface area (Å²) in [6, 6.07) is 6.48. The molecule has 0 spiro atoms. The van der Waals surface area contributed by atoms with Gasteiger partial charge in [-0.15, -0.1) is 11.6 Å². The normalized spacial score (nSPS) is 13.2. The summed E-state index contributed by atoms with van der Waals surface area (Å²) >= 11 is 5.78. The molecule has 0 N–H and O–H groups in total. The van der Waals surface area contributed by atoms with Crippen molar-refractivity contribution in [1.82, 2.24) is 9.88 Å². The first-order valence-corrected chi connectivity index (χ1v) is 5.35. The number of halogens is 1. The number of aromatic nitrogens is 1. The van der Waals surface area contributed by atoms with Gasteiger partial charge in [0.05, 0.1) is 5.69 Å². The summed E-state index contributed by atoms with van der Waals surface area (Å²) in [6.45, 7) is 4.98. The fourth-order valence-electron chi connectivity index (χ4n) is 1.22. The Morgan fingerprint density at radius 3 is 2.79 bits per heavy atom. The van der Waals surface area contributed by atoms with Crippen LogP contribution in [0.4, 0.5) is 0 Å². The van der Waals surface area contributed by atoms with Gasteiger partial charge in [0, 0.05) is 24.2 Å². The summed E-state index contributed by atoms with van der Waals surface area (Å²) in [7, 11) is 2.07. The zero-order chi connectivity index (χ0) is 10.6. The van der Waals surface area contributed by atoms with Crippen molar-refractivity contribution in [3.8, 4) is 0 Å². The third-order valence-electron chi connectivity index (χ3n) is 2.33. The quantitative estimate of drug-likeness (QED) is 0.713. The maximum absolute atomic E-state index is 5.78. The topological polar surface area (TPSA) is 16.1 Å². The Bertz CT molecular complexity index is 288. The molecule has 0 saturated carbocycles. The number of pyridine rings is 1. The molecule has 0 amide bonds. The maximum Gasteiger partial charge on any atom is 0.0547 e. The molecule has 0 aliphatic heterocycles. The van der Waals surface area contributed by atoms with Crippen LogP contribution in [0.15, 0.2) is 18.2 Å². The van der Waals surface area contributed by atoms with Gasteiger partial charge in [0.15, 0.2) is 0 Å². The molecule has 1 atom stereocenters. The zero-order valence-electron chi connectivity index (χ0n) is 9.00. The van der Waals surface area contributed by atoms with E-state index in [4.69, 9.17) is 11.6 Å². The Hall–Kier alpha value is -0.600. The highest BCUT2D eigenvalue weighted by Gasteiger charge is 2.08. The summed E-state index contributed by atoms with van der Waals surface area (Å²) in [5, 5.41) is 0. The smallest absolute Gasteiger partial charge is 0.0547 e. The second kappa shape index (κ2) is 5.32. The van der Waals surface area contributed by atoms with Crippen LogP contribution in [0, 0.1) is 6.92 Å². The molecule has 3 heteroatoms. The van der Waals surface area contributed by atoms with Crippen LogP contribution in [0.1, 0.15) is 18.3 Å². The Kier molecular flexibility index (Phi) is 4.36. The molecule has 0 aliphatic carbocycles. The second-order valence-electron chi connectivity index (χ2n) is 3.69. The average molecular weight is 213 g/mol. The Morgan fingerprint density at radius 2 is 2.21 bits per heavy atom. The van der Waals surface area contributed by atoms with Crippen molar-refractivity contribution in [2.24, 2.45) is 0 Å². The molecule has 78 valence electrons. The van der Waals surface area contributed by atoms with Gasteiger partial charge in [-0.3, -0.25) is 9.88 Å². The van der Waals surface area contributed by atoms with Crippen molar-refractivity contribution in [3.05, 3.63) is 29.6 Å². The fraction of sp³-hybridized carbons (Fsp3) is 0.545. The predicted octanol–water partition coefficient (Wildman–Crippen LogP) is 2.45. The molecule has 14 heavy (non-hydrogen) atoms. The monoisotopic (exact) mass is 212 g/mol. The lowest BCUT2D eigenvalue weighted by molar-refractivity contribution is 0.265. The van der Waals surface area contributed by atoms with Crippen LogP contribution < -0.4 is 0 Å². The van der Waals surface area contributed by atoms with Crippen LogP contribution in [-0.4, -0.2) is 28.9 Å². The highest BCUT2D eigenvalue weighted by molar-refractivity contribution is 6.18. The zero-order valence-corrected chi connectivity index (χ0v) is 9.75. The molecule has 0 radical (unpaired) electrons. The van der Waals surface area contributed by atoms with Gasteiger partial charge in [-0.2, -0.15) is 0 Å². The van der Waals surface area contributed by atoms with Crippen molar-refractivity contribution >= 4 is 11.6 Å². The van der Waals surface area contributed by atoms with Gasteiger partial charge in [-0.25, -0.2) is 0 Å². The Labute approximate surface area is 90.9 Å². The Morgan fingerprint density at radius 1 is 1.50 bits per heavy atom. The van der Waals surface area contributed by atoms with Gasteiger partial charge < -0.3 is 0 Å². The van der Waals surface area contributed by atoms with Gasteiger partial charge in [0.2, 0.25) is 0 Å². The van der Waals surface area contributed by atoms with Crippen LogP contribution in [0.2, 0.25) is 0 Å². The first kappa shape index (κ1) is 11.5. The molecule has 0 aliphatic rings.